The summed E-state index contributed by atoms with van der Waals surface area (Å²) < 4.78 is 4.82. The zero-order valence-electron chi connectivity index (χ0n) is 25.0. The Hall–Kier alpha value is -4.35. The molecule has 0 bridgehead atoms. The first-order valence-corrected chi connectivity index (χ1v) is 14.9. The van der Waals surface area contributed by atoms with E-state index >= 15 is 0 Å². The Balaban J connectivity index is 1.47. The van der Waals surface area contributed by atoms with Crippen molar-refractivity contribution in [3.63, 3.8) is 0 Å². The smallest absolute Gasteiger partial charge is 0.328 e. The highest BCUT2D eigenvalue weighted by Crippen LogP contribution is 2.21. The average molecular weight is 595 g/mol. The number of nitrogens with zero attached hydrogens (tertiary/aromatic N) is 1. The predicted octanol–water partition coefficient (Wildman–Crippen LogP) is 1.91. The number of hydrogen-bond donors (Lipinski definition) is 5. The molecule has 1 saturated heterocycles. The van der Waals surface area contributed by atoms with Gasteiger partial charge in [0.2, 0.25) is 17.7 Å². The Morgan fingerprint density at radius 3 is 2.65 bits per heavy atom. The monoisotopic (exact) mass is 594 g/mol. The van der Waals surface area contributed by atoms with Crippen LogP contribution in [0.25, 0.3) is 10.9 Å². The van der Waals surface area contributed by atoms with Crippen molar-refractivity contribution in [2.45, 2.75) is 76.5 Å². The molecule has 43 heavy (non-hydrogen) atoms. The van der Waals surface area contributed by atoms with Crippen LogP contribution in [0.15, 0.2) is 42.6 Å². The van der Waals surface area contributed by atoms with Gasteiger partial charge in [-0.3, -0.25) is 14.4 Å². The summed E-state index contributed by atoms with van der Waals surface area (Å²) in [7, 11) is 1.26. The van der Waals surface area contributed by atoms with Crippen LogP contribution >= 0.6 is 0 Å². The maximum Gasteiger partial charge on any atom is 0.328 e. The fourth-order valence-corrected chi connectivity index (χ4v) is 5.60. The van der Waals surface area contributed by atoms with E-state index in [-0.39, 0.29) is 17.7 Å². The maximum atomic E-state index is 13.6. The van der Waals surface area contributed by atoms with Crippen LogP contribution in [-0.2, 0) is 30.3 Å². The first-order chi connectivity index (χ1) is 20.7. The van der Waals surface area contributed by atoms with Crippen molar-refractivity contribution >= 4 is 40.6 Å². The lowest BCUT2D eigenvalue weighted by Crippen LogP contribution is -2.57. The van der Waals surface area contributed by atoms with E-state index in [4.69, 9.17) is 4.74 Å². The number of nitrogens with one attached hydrogen (secondary N) is 5. The molecular formula is C31H42N6O6. The summed E-state index contributed by atoms with van der Waals surface area (Å²) in [5.74, 6) is -1.77. The molecular weight excluding hydrogens is 552 g/mol. The second-order valence-corrected chi connectivity index (χ2v) is 11.4. The number of esters is 1. The van der Waals surface area contributed by atoms with Gasteiger partial charge < -0.3 is 35.9 Å². The summed E-state index contributed by atoms with van der Waals surface area (Å²) >= 11 is 0. The van der Waals surface area contributed by atoms with Crippen LogP contribution < -0.4 is 21.3 Å². The Morgan fingerprint density at radius 1 is 1.09 bits per heavy atom. The predicted molar refractivity (Wildman–Crippen MR) is 161 cm³/mol. The first kappa shape index (κ1) is 31.6. The van der Waals surface area contributed by atoms with Crippen molar-refractivity contribution in [1.82, 2.24) is 31.2 Å². The topological polar surface area (TPSA) is 162 Å². The molecule has 12 nitrogen and oxygen atoms in total. The lowest BCUT2D eigenvalue weighted by atomic mass is 10.0. The highest BCUT2D eigenvalue weighted by molar-refractivity contribution is 5.93. The molecule has 0 aliphatic carbocycles. The molecule has 5 amide bonds. The Morgan fingerprint density at radius 2 is 1.88 bits per heavy atom. The summed E-state index contributed by atoms with van der Waals surface area (Å²) in [5.41, 5.74) is 1.96. The van der Waals surface area contributed by atoms with Crippen LogP contribution in [0.1, 0.15) is 51.5 Å². The molecule has 12 heteroatoms. The van der Waals surface area contributed by atoms with E-state index in [9.17, 15) is 24.0 Å². The van der Waals surface area contributed by atoms with E-state index in [1.165, 1.54) is 18.1 Å². The molecule has 5 N–H and O–H groups in total. The minimum absolute atomic E-state index is 0.206. The summed E-state index contributed by atoms with van der Waals surface area (Å²) in [5, 5.41) is 12.5. The largest absolute Gasteiger partial charge is 0.467 e. The van der Waals surface area contributed by atoms with Crippen molar-refractivity contribution in [2.24, 2.45) is 5.92 Å². The number of carbonyl (C=O) groups excluding carboxylic acids is 5. The molecule has 0 spiro atoms. The van der Waals surface area contributed by atoms with Crippen molar-refractivity contribution in [3.8, 4) is 0 Å². The Bertz CT molecular complexity index is 1350. The Kier molecular flexibility index (Phi) is 10.8. The van der Waals surface area contributed by atoms with E-state index in [1.807, 2.05) is 30.5 Å². The number of amides is 5. The number of likely N-dealkylation sites (tertiary alicyclic amines) is 1. The lowest BCUT2D eigenvalue weighted by molar-refractivity contribution is -0.144. The van der Waals surface area contributed by atoms with Gasteiger partial charge in [0, 0.05) is 36.3 Å². The number of urea groups is 1. The molecule has 2 aliphatic heterocycles. The number of aromatic amines is 1. The third-order valence-corrected chi connectivity index (χ3v) is 7.99. The van der Waals surface area contributed by atoms with Crippen LogP contribution in [0.2, 0.25) is 0 Å². The molecule has 1 aromatic heterocycles. The summed E-state index contributed by atoms with van der Waals surface area (Å²) in [4.78, 5) is 69.4. The maximum absolute atomic E-state index is 13.6. The van der Waals surface area contributed by atoms with Gasteiger partial charge in [-0.05, 0) is 56.1 Å². The summed E-state index contributed by atoms with van der Waals surface area (Å²) in [6.07, 6.45) is 8.10. The van der Waals surface area contributed by atoms with E-state index < -0.39 is 42.1 Å². The molecule has 3 heterocycles. The minimum Gasteiger partial charge on any atom is -0.467 e. The van der Waals surface area contributed by atoms with Gasteiger partial charge in [0.15, 0.2) is 0 Å². The quantitative estimate of drug-likeness (QED) is 0.308. The number of fused-ring (bicyclic) bond motifs is 1. The molecule has 2 aliphatic rings. The van der Waals surface area contributed by atoms with Gasteiger partial charge in [0.1, 0.15) is 18.1 Å². The average Bonchev–Trinajstić information content (AvgIpc) is 3.64. The summed E-state index contributed by atoms with van der Waals surface area (Å²) in [6.45, 7) is 4.39. The van der Waals surface area contributed by atoms with E-state index in [0.717, 1.165) is 16.5 Å². The second-order valence-electron chi connectivity index (χ2n) is 11.4. The SMILES string of the molecule is COC(=O)[C@@H](NC(=O)N1CCC[C@H]1C(=O)N[C@H]1CCCCNC(=O)/C=C/[C@H](Cc2c[nH]c3ccccc23)NC1=O)C(C)C. The van der Waals surface area contributed by atoms with Gasteiger partial charge >= 0.3 is 12.0 Å². The van der Waals surface area contributed by atoms with Crippen LogP contribution in [0.4, 0.5) is 4.79 Å². The third-order valence-electron chi connectivity index (χ3n) is 7.99. The van der Waals surface area contributed by atoms with Crippen LogP contribution in [-0.4, -0.2) is 84.0 Å². The number of benzene rings is 1. The van der Waals surface area contributed by atoms with E-state index in [0.29, 0.717) is 51.6 Å². The zero-order valence-corrected chi connectivity index (χ0v) is 25.0. The number of aromatic nitrogens is 1. The molecule has 0 radical (unpaired) electrons. The number of hydrogen-bond acceptors (Lipinski definition) is 6. The number of H-pyrrole nitrogens is 1. The van der Waals surface area contributed by atoms with E-state index in [1.54, 1.807) is 19.9 Å². The molecule has 2 aromatic rings. The van der Waals surface area contributed by atoms with Gasteiger partial charge in [-0.1, -0.05) is 38.1 Å². The fourth-order valence-electron chi connectivity index (χ4n) is 5.60. The second kappa shape index (κ2) is 14.7. The molecule has 0 unspecified atom stereocenters. The number of para-hydroxylation sites is 1. The van der Waals surface area contributed by atoms with Crippen LogP contribution in [0, 0.1) is 5.92 Å². The van der Waals surface area contributed by atoms with Crippen molar-refractivity contribution < 1.29 is 28.7 Å². The zero-order chi connectivity index (χ0) is 30.9. The standard InChI is InChI=1S/C31H42N6O6/c1-19(2)27(30(41)43-3)36-31(42)37-16-8-12-25(37)29(40)35-24-11-6-7-15-32-26(38)14-13-21(34-28(24)39)17-20-18-33-23-10-5-4-9-22(20)23/h4-5,9-10,13-14,18-19,21,24-25,27,33H,6-8,11-12,15-17H2,1-3H3,(H,32,38)(H,34,39)(H,35,40)(H,36,42)/b14-13+/t21-,24+,25+,27+/m1/s1. The van der Waals surface area contributed by atoms with Gasteiger partial charge in [-0.25, -0.2) is 9.59 Å². The van der Waals surface area contributed by atoms with Gasteiger partial charge in [0.25, 0.3) is 0 Å². The first-order valence-electron chi connectivity index (χ1n) is 14.9. The minimum atomic E-state index is -0.846. The number of rotatable bonds is 7. The van der Waals surface area contributed by atoms with Gasteiger partial charge in [-0.2, -0.15) is 0 Å². The number of ether oxygens (including phenoxy) is 1. The Labute approximate surface area is 251 Å². The molecule has 4 atom stereocenters. The molecule has 1 fully saturated rings. The number of carbonyl (C=O) groups is 5. The van der Waals surface area contributed by atoms with Crippen LogP contribution in [0.5, 0.6) is 0 Å². The van der Waals surface area contributed by atoms with Crippen molar-refractivity contribution in [1.29, 1.82) is 0 Å². The van der Waals surface area contributed by atoms with Crippen LogP contribution in [0.3, 0.4) is 0 Å². The van der Waals surface area contributed by atoms with Gasteiger partial charge in [0.05, 0.1) is 13.2 Å². The molecule has 1 aromatic carbocycles. The summed E-state index contributed by atoms with van der Waals surface area (Å²) in [6, 6.07) is 4.37. The highest BCUT2D eigenvalue weighted by Gasteiger charge is 2.38. The lowest BCUT2D eigenvalue weighted by Gasteiger charge is -2.29. The normalized spacial score (nSPS) is 23.0. The van der Waals surface area contributed by atoms with Crippen molar-refractivity contribution in [3.05, 3.63) is 48.2 Å². The molecule has 0 saturated carbocycles. The molecule has 4 rings (SSSR count). The van der Waals surface area contributed by atoms with Gasteiger partial charge in [-0.15, -0.1) is 0 Å². The van der Waals surface area contributed by atoms with E-state index in [2.05, 4.69) is 26.3 Å². The molecule has 232 valence electrons. The number of methoxy groups -OCH3 is 1. The highest BCUT2D eigenvalue weighted by atomic mass is 16.5. The third kappa shape index (κ3) is 8.14. The van der Waals surface area contributed by atoms with Crippen molar-refractivity contribution in [2.75, 3.05) is 20.2 Å². The fraction of sp³-hybridized carbons (Fsp3) is 0.516.